The summed E-state index contributed by atoms with van der Waals surface area (Å²) >= 11 is 0. The zero-order valence-electron chi connectivity index (χ0n) is 11.0. The number of carbonyl (C=O) groups is 2. The number of hydrogen-bond donors (Lipinski definition) is 2. The van der Waals surface area contributed by atoms with Gasteiger partial charge in [-0.2, -0.15) is 0 Å². The molecule has 1 heterocycles. The van der Waals surface area contributed by atoms with Gasteiger partial charge in [0.2, 0.25) is 11.8 Å². The van der Waals surface area contributed by atoms with E-state index >= 15 is 0 Å². The largest absolute Gasteiger partial charge is 0.380 e. The first kappa shape index (κ1) is 14.9. The second-order valence-corrected chi connectivity index (χ2v) is 4.49. The van der Waals surface area contributed by atoms with Crippen LogP contribution < -0.4 is 11.1 Å². The first-order valence-corrected chi connectivity index (χ1v) is 6.44. The van der Waals surface area contributed by atoms with Crippen molar-refractivity contribution < 1.29 is 14.3 Å². The minimum atomic E-state index is -0.251. The van der Waals surface area contributed by atoms with Crippen molar-refractivity contribution in [1.82, 2.24) is 10.2 Å². The second kappa shape index (κ2) is 8.05. The number of nitrogens with zero attached hydrogens (tertiary/aromatic N) is 1. The maximum Gasteiger partial charge on any atom is 0.224 e. The summed E-state index contributed by atoms with van der Waals surface area (Å²) in [5, 5.41) is 2.71. The molecular weight excluding hydrogens is 234 g/mol. The van der Waals surface area contributed by atoms with E-state index in [1.54, 1.807) is 0 Å². The zero-order chi connectivity index (χ0) is 13.4. The SMILES string of the molecule is COC(CN)CC(=O)NCCC(=O)N1CCCC1. The Labute approximate surface area is 108 Å². The van der Waals surface area contributed by atoms with Crippen LogP contribution in [0.5, 0.6) is 0 Å². The number of hydrogen-bond acceptors (Lipinski definition) is 4. The Kier molecular flexibility index (Phi) is 6.67. The van der Waals surface area contributed by atoms with Crippen molar-refractivity contribution in [1.29, 1.82) is 0 Å². The highest BCUT2D eigenvalue weighted by Gasteiger charge is 2.17. The number of rotatable bonds is 7. The van der Waals surface area contributed by atoms with Crippen LogP contribution in [0.4, 0.5) is 0 Å². The molecule has 1 fully saturated rings. The molecule has 0 aromatic heterocycles. The molecule has 0 bridgehead atoms. The van der Waals surface area contributed by atoms with Crippen molar-refractivity contribution in [2.75, 3.05) is 33.3 Å². The fourth-order valence-corrected chi connectivity index (χ4v) is 1.98. The third-order valence-corrected chi connectivity index (χ3v) is 3.13. The lowest BCUT2D eigenvalue weighted by atomic mass is 10.2. The van der Waals surface area contributed by atoms with E-state index in [0.717, 1.165) is 25.9 Å². The zero-order valence-corrected chi connectivity index (χ0v) is 11.0. The van der Waals surface area contributed by atoms with Gasteiger partial charge in [0, 0.05) is 39.7 Å². The number of amides is 2. The highest BCUT2D eigenvalue weighted by Crippen LogP contribution is 2.08. The number of ether oxygens (including phenoxy) is 1. The van der Waals surface area contributed by atoms with E-state index in [-0.39, 0.29) is 24.3 Å². The topological polar surface area (TPSA) is 84.7 Å². The fourth-order valence-electron chi connectivity index (χ4n) is 1.98. The van der Waals surface area contributed by atoms with E-state index in [4.69, 9.17) is 10.5 Å². The Morgan fingerprint density at radius 1 is 1.39 bits per heavy atom. The van der Waals surface area contributed by atoms with Crippen molar-refractivity contribution >= 4 is 11.8 Å². The van der Waals surface area contributed by atoms with Crippen LogP contribution in [-0.2, 0) is 14.3 Å². The standard InChI is InChI=1S/C12H23N3O3/c1-18-10(9-13)8-11(16)14-5-4-12(17)15-6-2-3-7-15/h10H,2-9,13H2,1H3,(H,14,16). The summed E-state index contributed by atoms with van der Waals surface area (Å²) in [5.41, 5.74) is 5.43. The van der Waals surface area contributed by atoms with E-state index in [9.17, 15) is 9.59 Å². The van der Waals surface area contributed by atoms with Crippen molar-refractivity contribution in [2.45, 2.75) is 31.8 Å². The van der Waals surface area contributed by atoms with Gasteiger partial charge >= 0.3 is 0 Å². The lowest BCUT2D eigenvalue weighted by molar-refractivity contribution is -0.130. The first-order chi connectivity index (χ1) is 8.67. The van der Waals surface area contributed by atoms with Crippen LogP contribution in [0.3, 0.4) is 0 Å². The van der Waals surface area contributed by atoms with Gasteiger partial charge in [-0.15, -0.1) is 0 Å². The molecule has 104 valence electrons. The first-order valence-electron chi connectivity index (χ1n) is 6.44. The third-order valence-electron chi connectivity index (χ3n) is 3.13. The summed E-state index contributed by atoms with van der Waals surface area (Å²) in [6.45, 7) is 2.41. The third kappa shape index (κ3) is 5.01. The molecule has 1 unspecified atom stereocenters. The summed E-state index contributed by atoms with van der Waals surface area (Å²) in [6.07, 6.45) is 2.53. The lowest BCUT2D eigenvalue weighted by Crippen LogP contribution is -2.35. The molecule has 1 atom stereocenters. The molecule has 3 N–H and O–H groups in total. The van der Waals surface area contributed by atoms with Crippen molar-refractivity contribution in [3.8, 4) is 0 Å². The number of methoxy groups -OCH3 is 1. The highest BCUT2D eigenvalue weighted by molar-refractivity contribution is 5.79. The molecule has 1 saturated heterocycles. The molecule has 2 amide bonds. The smallest absolute Gasteiger partial charge is 0.224 e. The summed E-state index contributed by atoms with van der Waals surface area (Å²) in [7, 11) is 1.53. The van der Waals surface area contributed by atoms with Crippen LogP contribution in [0, 0.1) is 0 Å². The van der Waals surface area contributed by atoms with Crippen LogP contribution >= 0.6 is 0 Å². The molecule has 0 aromatic carbocycles. The van der Waals surface area contributed by atoms with Gasteiger partial charge in [0.15, 0.2) is 0 Å². The average Bonchev–Trinajstić information content (AvgIpc) is 2.89. The van der Waals surface area contributed by atoms with E-state index in [0.29, 0.717) is 19.5 Å². The molecule has 6 heteroatoms. The van der Waals surface area contributed by atoms with E-state index in [2.05, 4.69) is 5.32 Å². The van der Waals surface area contributed by atoms with Gasteiger partial charge in [-0.25, -0.2) is 0 Å². The molecule has 18 heavy (non-hydrogen) atoms. The molecular formula is C12H23N3O3. The van der Waals surface area contributed by atoms with Gasteiger partial charge in [0.05, 0.1) is 12.5 Å². The predicted molar refractivity (Wildman–Crippen MR) is 67.9 cm³/mol. The van der Waals surface area contributed by atoms with E-state index in [1.165, 1.54) is 7.11 Å². The molecule has 6 nitrogen and oxygen atoms in total. The van der Waals surface area contributed by atoms with Crippen molar-refractivity contribution in [2.24, 2.45) is 5.73 Å². The molecule has 0 saturated carbocycles. The van der Waals surface area contributed by atoms with E-state index < -0.39 is 0 Å². The summed E-state index contributed by atoms with van der Waals surface area (Å²) in [6, 6.07) is 0. The quantitative estimate of drug-likeness (QED) is 0.642. The van der Waals surface area contributed by atoms with Gasteiger partial charge in [0.1, 0.15) is 0 Å². The van der Waals surface area contributed by atoms with Gasteiger partial charge in [-0.1, -0.05) is 0 Å². The summed E-state index contributed by atoms with van der Waals surface area (Å²) in [4.78, 5) is 25.0. The second-order valence-electron chi connectivity index (χ2n) is 4.49. The van der Waals surface area contributed by atoms with Crippen LogP contribution in [0.2, 0.25) is 0 Å². The van der Waals surface area contributed by atoms with Gasteiger partial charge in [-0.3, -0.25) is 9.59 Å². The number of nitrogens with two attached hydrogens (primary N) is 1. The van der Waals surface area contributed by atoms with Gasteiger partial charge < -0.3 is 20.7 Å². The Morgan fingerprint density at radius 3 is 2.61 bits per heavy atom. The Morgan fingerprint density at radius 2 is 2.06 bits per heavy atom. The van der Waals surface area contributed by atoms with Crippen LogP contribution in [0.15, 0.2) is 0 Å². The molecule has 1 aliphatic rings. The lowest BCUT2D eigenvalue weighted by Gasteiger charge is -2.16. The van der Waals surface area contributed by atoms with Crippen LogP contribution in [0.25, 0.3) is 0 Å². The van der Waals surface area contributed by atoms with Crippen molar-refractivity contribution in [3.05, 3.63) is 0 Å². The fraction of sp³-hybridized carbons (Fsp3) is 0.833. The monoisotopic (exact) mass is 257 g/mol. The molecule has 0 radical (unpaired) electrons. The Balaban J connectivity index is 2.12. The normalized spacial score (nSPS) is 16.7. The minimum Gasteiger partial charge on any atom is -0.380 e. The molecule has 1 rings (SSSR count). The van der Waals surface area contributed by atoms with Crippen LogP contribution in [-0.4, -0.2) is 56.1 Å². The maximum atomic E-state index is 11.7. The number of carbonyl (C=O) groups excluding carboxylic acids is 2. The van der Waals surface area contributed by atoms with E-state index in [1.807, 2.05) is 4.90 Å². The molecule has 0 spiro atoms. The maximum absolute atomic E-state index is 11.7. The highest BCUT2D eigenvalue weighted by atomic mass is 16.5. The van der Waals surface area contributed by atoms with Crippen molar-refractivity contribution in [3.63, 3.8) is 0 Å². The molecule has 0 aromatic rings. The number of nitrogens with one attached hydrogen (secondary N) is 1. The molecule has 0 aliphatic carbocycles. The predicted octanol–water partition coefficient (Wildman–Crippen LogP) is -0.521. The minimum absolute atomic E-state index is 0.120. The van der Waals surface area contributed by atoms with Gasteiger partial charge in [0.25, 0.3) is 0 Å². The average molecular weight is 257 g/mol. The van der Waals surface area contributed by atoms with Gasteiger partial charge in [-0.05, 0) is 12.8 Å². The summed E-state index contributed by atoms with van der Waals surface area (Å²) in [5.74, 6) is -0.00330. The summed E-state index contributed by atoms with van der Waals surface area (Å²) < 4.78 is 5.02. The Hall–Kier alpha value is -1.14. The number of likely N-dealkylation sites (tertiary alicyclic amines) is 1. The molecule has 1 aliphatic heterocycles. The van der Waals surface area contributed by atoms with Crippen LogP contribution in [0.1, 0.15) is 25.7 Å². The Bertz CT molecular complexity index is 274.